The Labute approximate surface area is 209 Å². The molecule has 0 atom stereocenters. The number of aromatic nitrogens is 1. The first kappa shape index (κ1) is 26.7. The predicted molar refractivity (Wildman–Crippen MR) is 134 cm³/mol. The van der Waals surface area contributed by atoms with Gasteiger partial charge in [-0.2, -0.15) is 0 Å². The van der Waals surface area contributed by atoms with Crippen molar-refractivity contribution in [2.75, 3.05) is 33.0 Å². The maximum atomic E-state index is 12.9. The molecular weight excluding hydrogens is 468 g/mol. The SMILES string of the molecule is CC(C)(C)OC(=O)CCCOCCOCCNC(=O)c1csc(C(=O)C2=CCc3ccccc32)n1. The molecule has 1 aliphatic rings. The Balaban J connectivity index is 1.27. The lowest BCUT2D eigenvalue weighted by Gasteiger charge is -2.19. The van der Waals surface area contributed by atoms with Crippen molar-refractivity contribution in [2.45, 2.75) is 45.6 Å². The summed E-state index contributed by atoms with van der Waals surface area (Å²) in [6.07, 6.45) is 3.55. The highest BCUT2D eigenvalue weighted by molar-refractivity contribution is 7.12. The molecular formula is C26H32N2O6S. The second-order valence-electron chi connectivity index (χ2n) is 9.02. The van der Waals surface area contributed by atoms with Crippen molar-refractivity contribution < 1.29 is 28.6 Å². The average Bonchev–Trinajstić information content (AvgIpc) is 3.46. The zero-order chi connectivity index (χ0) is 25.3. The molecule has 1 N–H and O–H groups in total. The Morgan fingerprint density at radius 2 is 1.80 bits per heavy atom. The van der Waals surface area contributed by atoms with Gasteiger partial charge in [0.1, 0.15) is 11.3 Å². The van der Waals surface area contributed by atoms with Gasteiger partial charge in [0.05, 0.1) is 19.8 Å². The lowest BCUT2D eigenvalue weighted by molar-refractivity contribution is -0.155. The molecule has 1 heterocycles. The van der Waals surface area contributed by atoms with Gasteiger partial charge in [-0.15, -0.1) is 11.3 Å². The molecule has 0 fully saturated rings. The molecule has 35 heavy (non-hydrogen) atoms. The number of carbonyl (C=O) groups is 3. The van der Waals surface area contributed by atoms with Gasteiger partial charge >= 0.3 is 5.97 Å². The van der Waals surface area contributed by atoms with Gasteiger partial charge in [0.15, 0.2) is 5.01 Å². The van der Waals surface area contributed by atoms with Gasteiger partial charge in [-0.25, -0.2) is 4.98 Å². The second-order valence-corrected chi connectivity index (χ2v) is 9.87. The van der Waals surface area contributed by atoms with Crippen molar-refractivity contribution >= 4 is 34.6 Å². The predicted octanol–water partition coefficient (Wildman–Crippen LogP) is 3.85. The number of nitrogens with one attached hydrogen (secondary N) is 1. The Kier molecular flexibility index (Phi) is 9.71. The molecule has 1 aliphatic carbocycles. The molecule has 8 nitrogen and oxygen atoms in total. The third-order valence-electron chi connectivity index (χ3n) is 5.00. The fraction of sp³-hybridized carbons (Fsp3) is 0.462. The highest BCUT2D eigenvalue weighted by Crippen LogP contribution is 2.30. The molecule has 0 radical (unpaired) electrons. The van der Waals surface area contributed by atoms with Crippen LogP contribution in [0.3, 0.4) is 0 Å². The monoisotopic (exact) mass is 500 g/mol. The Bertz CT molecular complexity index is 1070. The first-order valence-corrected chi connectivity index (χ1v) is 12.6. The summed E-state index contributed by atoms with van der Waals surface area (Å²) >= 11 is 1.17. The van der Waals surface area contributed by atoms with Gasteiger partial charge in [-0.1, -0.05) is 30.3 Å². The summed E-state index contributed by atoms with van der Waals surface area (Å²) in [6.45, 7) is 7.39. The normalized spacial score (nSPS) is 12.7. The molecule has 0 aliphatic heterocycles. The minimum atomic E-state index is -0.472. The zero-order valence-corrected chi connectivity index (χ0v) is 21.2. The van der Waals surface area contributed by atoms with E-state index >= 15 is 0 Å². The van der Waals surface area contributed by atoms with E-state index in [1.165, 1.54) is 11.3 Å². The summed E-state index contributed by atoms with van der Waals surface area (Å²) in [7, 11) is 0. The number of ketones is 1. The number of hydrogen-bond donors (Lipinski definition) is 1. The van der Waals surface area contributed by atoms with E-state index in [0.717, 1.165) is 17.5 Å². The van der Waals surface area contributed by atoms with Crippen LogP contribution in [0.25, 0.3) is 5.57 Å². The number of allylic oxidation sites excluding steroid dienone is 2. The molecule has 0 saturated heterocycles. The summed E-state index contributed by atoms with van der Waals surface area (Å²) in [5, 5.41) is 4.64. The number of rotatable bonds is 13. The quantitative estimate of drug-likeness (QED) is 0.253. The number of carbonyl (C=O) groups excluding carboxylic acids is 3. The molecule has 0 unspecified atom stereocenters. The third kappa shape index (κ3) is 8.38. The number of nitrogens with zero attached hydrogens (tertiary/aromatic N) is 1. The number of esters is 1. The number of hydrogen-bond acceptors (Lipinski definition) is 8. The molecule has 0 spiro atoms. The van der Waals surface area contributed by atoms with Crippen LogP contribution in [0.2, 0.25) is 0 Å². The van der Waals surface area contributed by atoms with Gasteiger partial charge in [0.25, 0.3) is 5.91 Å². The molecule has 0 saturated carbocycles. The van der Waals surface area contributed by atoms with E-state index in [0.29, 0.717) is 56.4 Å². The maximum absolute atomic E-state index is 12.9. The number of thiazole rings is 1. The second kappa shape index (κ2) is 12.7. The molecule has 3 rings (SSSR count). The van der Waals surface area contributed by atoms with Crippen LogP contribution in [0.4, 0.5) is 0 Å². The van der Waals surface area contributed by atoms with Gasteiger partial charge < -0.3 is 19.5 Å². The standard InChI is InChI=1S/C26H32N2O6S/c1-26(2,3)34-22(29)9-6-13-32-15-16-33-14-12-27-24(31)21-17-35-25(28-21)23(30)20-11-10-18-7-4-5-8-19(18)20/h4-5,7-8,11,17H,6,9-10,12-16H2,1-3H3,(H,27,31). The van der Waals surface area contributed by atoms with Crippen molar-refractivity contribution in [3.63, 3.8) is 0 Å². The van der Waals surface area contributed by atoms with E-state index in [-0.39, 0.29) is 23.4 Å². The zero-order valence-electron chi connectivity index (χ0n) is 20.4. The van der Waals surface area contributed by atoms with Crippen LogP contribution in [-0.2, 0) is 25.4 Å². The Morgan fingerprint density at radius 1 is 1.06 bits per heavy atom. The van der Waals surface area contributed by atoms with Gasteiger partial charge in [-0.3, -0.25) is 14.4 Å². The average molecular weight is 501 g/mol. The number of ether oxygens (including phenoxy) is 3. The highest BCUT2D eigenvalue weighted by Gasteiger charge is 2.24. The molecule has 1 amide bonds. The number of amides is 1. The van der Waals surface area contributed by atoms with Crippen LogP contribution in [0.15, 0.2) is 35.7 Å². The van der Waals surface area contributed by atoms with Crippen LogP contribution < -0.4 is 5.32 Å². The van der Waals surface area contributed by atoms with Crippen LogP contribution in [0.5, 0.6) is 0 Å². The van der Waals surface area contributed by atoms with Gasteiger partial charge in [0.2, 0.25) is 5.78 Å². The summed E-state index contributed by atoms with van der Waals surface area (Å²) < 4.78 is 16.1. The molecule has 188 valence electrons. The van der Waals surface area contributed by atoms with Crippen molar-refractivity contribution in [1.82, 2.24) is 10.3 Å². The van der Waals surface area contributed by atoms with E-state index in [1.54, 1.807) is 5.38 Å². The summed E-state index contributed by atoms with van der Waals surface area (Å²) in [6, 6.07) is 7.81. The van der Waals surface area contributed by atoms with Crippen molar-refractivity contribution in [3.8, 4) is 0 Å². The van der Waals surface area contributed by atoms with E-state index < -0.39 is 5.60 Å². The number of fused-ring (bicyclic) bond motifs is 1. The lowest BCUT2D eigenvalue weighted by atomic mass is 10.0. The van der Waals surface area contributed by atoms with Crippen molar-refractivity contribution in [3.05, 3.63) is 57.6 Å². The van der Waals surface area contributed by atoms with Gasteiger partial charge in [0, 0.05) is 30.5 Å². The van der Waals surface area contributed by atoms with Gasteiger partial charge in [-0.05, 0) is 44.7 Å². The molecule has 2 aromatic rings. The smallest absolute Gasteiger partial charge is 0.306 e. The molecule has 1 aromatic heterocycles. The summed E-state index contributed by atoms with van der Waals surface area (Å²) in [4.78, 5) is 41.0. The maximum Gasteiger partial charge on any atom is 0.306 e. The van der Waals surface area contributed by atoms with E-state index in [9.17, 15) is 14.4 Å². The molecule has 9 heteroatoms. The summed E-state index contributed by atoms with van der Waals surface area (Å²) in [5.41, 5.74) is 2.45. The van der Waals surface area contributed by atoms with Crippen LogP contribution >= 0.6 is 11.3 Å². The third-order valence-corrected chi connectivity index (χ3v) is 5.84. The van der Waals surface area contributed by atoms with E-state index in [1.807, 2.05) is 51.1 Å². The van der Waals surface area contributed by atoms with Crippen LogP contribution in [-0.4, -0.2) is 61.2 Å². The molecule has 1 aromatic carbocycles. The van der Waals surface area contributed by atoms with Crippen molar-refractivity contribution in [1.29, 1.82) is 0 Å². The largest absolute Gasteiger partial charge is 0.460 e. The topological polar surface area (TPSA) is 104 Å². The first-order valence-electron chi connectivity index (χ1n) is 11.7. The van der Waals surface area contributed by atoms with E-state index in [4.69, 9.17) is 14.2 Å². The fourth-order valence-electron chi connectivity index (χ4n) is 3.46. The Hall–Kier alpha value is -2.88. The van der Waals surface area contributed by atoms with E-state index in [2.05, 4.69) is 10.3 Å². The minimum absolute atomic E-state index is 0.159. The Morgan fingerprint density at radius 3 is 2.57 bits per heavy atom. The lowest BCUT2D eigenvalue weighted by Crippen LogP contribution is -2.28. The van der Waals surface area contributed by atoms with Crippen LogP contribution in [0.1, 0.15) is 65.0 Å². The summed E-state index contributed by atoms with van der Waals surface area (Å²) in [5.74, 6) is -0.734. The van der Waals surface area contributed by atoms with Crippen LogP contribution in [0, 0.1) is 0 Å². The van der Waals surface area contributed by atoms with Crippen molar-refractivity contribution in [2.24, 2.45) is 0 Å². The number of Topliss-reactive ketones (excluding diaryl/α,β-unsaturated/α-hetero) is 1. The first-order chi connectivity index (χ1) is 16.7. The minimum Gasteiger partial charge on any atom is -0.460 e. The fourth-order valence-corrected chi connectivity index (χ4v) is 4.21. The highest BCUT2D eigenvalue weighted by atomic mass is 32.1. The number of benzene rings is 1. The molecule has 0 bridgehead atoms.